The van der Waals surface area contributed by atoms with E-state index in [1.54, 1.807) is 16.8 Å². The first kappa shape index (κ1) is 17.9. The van der Waals surface area contributed by atoms with E-state index in [9.17, 15) is 4.39 Å². The maximum absolute atomic E-state index is 13.0. The zero-order valence-electron chi connectivity index (χ0n) is 13.5. The van der Waals surface area contributed by atoms with E-state index in [4.69, 9.17) is 16.7 Å². The molecule has 0 fully saturated rings. The average Bonchev–Trinajstić information content (AvgIpc) is 2.79. The molecular weight excluding hydrogens is 317 g/mol. The summed E-state index contributed by atoms with van der Waals surface area (Å²) in [7, 11) is 0. The quantitative estimate of drug-likeness (QED) is 0.776. The molecule has 0 saturated carbocycles. The van der Waals surface area contributed by atoms with Crippen LogP contribution >= 0.6 is 11.6 Å². The Labute approximate surface area is 141 Å². The SMILES string of the molecule is Cc1nn(Cc2ccc(F)cc2)c(Cl)c1CNC(C)CCCO. The highest BCUT2D eigenvalue weighted by atomic mass is 35.5. The zero-order chi connectivity index (χ0) is 16.8. The van der Waals surface area contributed by atoms with Crippen LogP contribution in [0.1, 0.15) is 36.6 Å². The van der Waals surface area contributed by atoms with Crippen molar-refractivity contribution in [2.75, 3.05) is 6.61 Å². The molecule has 0 spiro atoms. The number of aryl methyl sites for hydroxylation is 1. The lowest BCUT2D eigenvalue weighted by Crippen LogP contribution is -2.25. The van der Waals surface area contributed by atoms with Crippen LogP contribution in [0.15, 0.2) is 24.3 Å². The lowest BCUT2D eigenvalue weighted by molar-refractivity contribution is 0.276. The maximum Gasteiger partial charge on any atom is 0.132 e. The van der Waals surface area contributed by atoms with Crippen LogP contribution in [0.5, 0.6) is 0 Å². The Bertz CT molecular complexity index is 628. The van der Waals surface area contributed by atoms with Gasteiger partial charge in [-0.15, -0.1) is 0 Å². The van der Waals surface area contributed by atoms with Crippen LogP contribution in [0.4, 0.5) is 4.39 Å². The molecule has 23 heavy (non-hydrogen) atoms. The number of rotatable bonds is 8. The van der Waals surface area contributed by atoms with Crippen LogP contribution in [0, 0.1) is 12.7 Å². The highest BCUT2D eigenvalue weighted by molar-refractivity contribution is 6.30. The molecule has 6 heteroatoms. The molecule has 1 unspecified atom stereocenters. The second-order valence-electron chi connectivity index (χ2n) is 5.79. The first-order chi connectivity index (χ1) is 11.0. The molecule has 1 aromatic heterocycles. The molecule has 4 nitrogen and oxygen atoms in total. The summed E-state index contributed by atoms with van der Waals surface area (Å²) in [4.78, 5) is 0. The Morgan fingerprint density at radius 2 is 2.04 bits per heavy atom. The van der Waals surface area contributed by atoms with Crippen molar-refractivity contribution in [2.45, 2.75) is 45.8 Å². The molecular formula is C17H23ClFN3O. The summed E-state index contributed by atoms with van der Waals surface area (Å²) in [6.07, 6.45) is 1.70. The van der Waals surface area contributed by atoms with Gasteiger partial charge >= 0.3 is 0 Å². The predicted octanol–water partition coefficient (Wildman–Crippen LogP) is 3.28. The number of hydrogen-bond acceptors (Lipinski definition) is 3. The van der Waals surface area contributed by atoms with Crippen LogP contribution in [0.25, 0.3) is 0 Å². The van der Waals surface area contributed by atoms with Gasteiger partial charge in [0.15, 0.2) is 0 Å². The van der Waals surface area contributed by atoms with Crippen LogP contribution in [-0.4, -0.2) is 27.5 Å². The Morgan fingerprint density at radius 1 is 1.35 bits per heavy atom. The van der Waals surface area contributed by atoms with Crippen molar-refractivity contribution >= 4 is 11.6 Å². The van der Waals surface area contributed by atoms with Crippen LogP contribution in [-0.2, 0) is 13.1 Å². The average molecular weight is 340 g/mol. The van der Waals surface area contributed by atoms with E-state index < -0.39 is 0 Å². The van der Waals surface area contributed by atoms with Gasteiger partial charge in [-0.3, -0.25) is 0 Å². The predicted molar refractivity (Wildman–Crippen MR) is 90.1 cm³/mol. The molecule has 126 valence electrons. The number of nitrogens with zero attached hydrogens (tertiary/aromatic N) is 2. The van der Waals surface area contributed by atoms with Gasteiger partial charge < -0.3 is 10.4 Å². The van der Waals surface area contributed by atoms with E-state index in [1.165, 1.54) is 12.1 Å². The smallest absolute Gasteiger partial charge is 0.132 e. The van der Waals surface area contributed by atoms with E-state index in [0.29, 0.717) is 24.3 Å². The van der Waals surface area contributed by atoms with Crippen molar-refractivity contribution in [1.82, 2.24) is 15.1 Å². The van der Waals surface area contributed by atoms with E-state index in [0.717, 1.165) is 29.7 Å². The fourth-order valence-electron chi connectivity index (χ4n) is 2.43. The molecule has 0 radical (unpaired) electrons. The zero-order valence-corrected chi connectivity index (χ0v) is 14.3. The second kappa shape index (κ2) is 8.43. The summed E-state index contributed by atoms with van der Waals surface area (Å²) >= 11 is 6.44. The minimum Gasteiger partial charge on any atom is -0.396 e. The summed E-state index contributed by atoms with van der Waals surface area (Å²) < 4.78 is 14.7. The molecule has 1 heterocycles. The van der Waals surface area contributed by atoms with Crippen molar-refractivity contribution < 1.29 is 9.50 Å². The molecule has 0 saturated heterocycles. The summed E-state index contributed by atoms with van der Waals surface area (Å²) in [5, 5.41) is 17.3. The Morgan fingerprint density at radius 3 is 2.70 bits per heavy atom. The lowest BCUT2D eigenvalue weighted by atomic mass is 10.1. The standard InChI is InChI=1S/C17H23ClFN3O/c1-12(4-3-9-23)20-10-16-13(2)21-22(17(16)18)11-14-5-7-15(19)8-6-14/h5-8,12,20,23H,3-4,9-11H2,1-2H3. The molecule has 2 aromatic rings. The summed E-state index contributed by atoms with van der Waals surface area (Å²) in [5.74, 6) is -0.252. The summed E-state index contributed by atoms with van der Waals surface area (Å²) in [5.41, 5.74) is 2.82. The molecule has 0 aliphatic rings. The maximum atomic E-state index is 13.0. The fourth-order valence-corrected chi connectivity index (χ4v) is 2.74. The van der Waals surface area contributed by atoms with Gasteiger partial charge in [-0.05, 0) is 44.4 Å². The third kappa shape index (κ3) is 5.03. The van der Waals surface area contributed by atoms with Gasteiger partial charge in [-0.25, -0.2) is 9.07 Å². The number of benzene rings is 1. The van der Waals surface area contributed by atoms with Gasteiger partial charge in [0.05, 0.1) is 12.2 Å². The molecule has 1 aromatic carbocycles. The second-order valence-corrected chi connectivity index (χ2v) is 6.14. The van der Waals surface area contributed by atoms with Crippen molar-refractivity contribution in [3.63, 3.8) is 0 Å². The summed E-state index contributed by atoms with van der Waals surface area (Å²) in [6.45, 7) is 5.38. The van der Waals surface area contributed by atoms with Gasteiger partial charge in [0, 0.05) is 24.8 Å². The van der Waals surface area contributed by atoms with E-state index in [1.807, 2.05) is 6.92 Å². The largest absolute Gasteiger partial charge is 0.396 e. The van der Waals surface area contributed by atoms with Crippen LogP contribution in [0.3, 0.4) is 0 Å². The highest BCUT2D eigenvalue weighted by Gasteiger charge is 2.14. The molecule has 2 rings (SSSR count). The number of hydrogen-bond donors (Lipinski definition) is 2. The van der Waals surface area contributed by atoms with Gasteiger partial charge in [0.2, 0.25) is 0 Å². The third-order valence-corrected chi connectivity index (χ3v) is 4.27. The first-order valence-electron chi connectivity index (χ1n) is 7.81. The first-order valence-corrected chi connectivity index (χ1v) is 8.19. The van der Waals surface area contributed by atoms with Crippen molar-refractivity contribution in [2.24, 2.45) is 0 Å². The van der Waals surface area contributed by atoms with Gasteiger partial charge in [0.25, 0.3) is 0 Å². The van der Waals surface area contributed by atoms with Gasteiger partial charge in [0.1, 0.15) is 11.0 Å². The van der Waals surface area contributed by atoms with Gasteiger partial charge in [-0.1, -0.05) is 23.7 Å². The number of aliphatic hydroxyl groups excluding tert-OH is 1. The molecule has 0 aliphatic carbocycles. The minimum atomic E-state index is -0.252. The number of aliphatic hydroxyl groups is 1. The fraction of sp³-hybridized carbons (Fsp3) is 0.471. The lowest BCUT2D eigenvalue weighted by Gasteiger charge is -2.13. The van der Waals surface area contributed by atoms with Gasteiger partial charge in [-0.2, -0.15) is 5.10 Å². The highest BCUT2D eigenvalue weighted by Crippen LogP contribution is 2.21. The summed E-state index contributed by atoms with van der Waals surface area (Å²) in [6, 6.07) is 6.64. The number of nitrogens with one attached hydrogen (secondary N) is 1. The number of aromatic nitrogens is 2. The topological polar surface area (TPSA) is 50.1 Å². The van der Waals surface area contributed by atoms with E-state index in [-0.39, 0.29) is 12.4 Å². The van der Waals surface area contributed by atoms with Crippen LogP contribution < -0.4 is 5.32 Å². The monoisotopic (exact) mass is 339 g/mol. The Kier molecular flexibility index (Phi) is 6.57. The van der Waals surface area contributed by atoms with Crippen molar-refractivity contribution in [3.05, 3.63) is 52.1 Å². The number of halogens is 2. The molecule has 1 atom stereocenters. The Hall–Kier alpha value is -1.43. The van der Waals surface area contributed by atoms with Crippen molar-refractivity contribution in [3.8, 4) is 0 Å². The Balaban J connectivity index is 2.02. The van der Waals surface area contributed by atoms with E-state index >= 15 is 0 Å². The normalized spacial score (nSPS) is 12.6. The van der Waals surface area contributed by atoms with Crippen molar-refractivity contribution in [1.29, 1.82) is 0 Å². The molecule has 0 amide bonds. The molecule has 2 N–H and O–H groups in total. The van der Waals surface area contributed by atoms with Crippen LogP contribution in [0.2, 0.25) is 5.15 Å². The minimum absolute atomic E-state index is 0.210. The van der Waals surface area contributed by atoms with E-state index in [2.05, 4.69) is 17.3 Å². The molecule has 0 aliphatic heterocycles. The third-order valence-electron chi connectivity index (χ3n) is 3.85. The molecule has 0 bridgehead atoms.